The van der Waals surface area contributed by atoms with Crippen LogP contribution in [0.3, 0.4) is 0 Å². The molecule has 19 heavy (non-hydrogen) atoms. The Balaban J connectivity index is 2.02. The molecule has 0 fully saturated rings. The van der Waals surface area contributed by atoms with E-state index in [0.717, 1.165) is 0 Å². The summed E-state index contributed by atoms with van der Waals surface area (Å²) in [7, 11) is 0. The van der Waals surface area contributed by atoms with Crippen molar-refractivity contribution in [3.05, 3.63) is 47.5 Å². The number of nitrogens with one attached hydrogen (secondary N) is 1. The normalized spacial score (nSPS) is 12.1. The van der Waals surface area contributed by atoms with Crippen LogP contribution in [-0.4, -0.2) is 21.5 Å². The maximum atomic E-state index is 12.1. The van der Waals surface area contributed by atoms with Crippen molar-refractivity contribution in [2.24, 2.45) is 0 Å². The molecular weight excluding hydrogens is 264 g/mol. The van der Waals surface area contributed by atoms with Gasteiger partial charge in [-0.15, -0.1) is 0 Å². The monoisotopic (exact) mass is 278 g/mol. The first-order valence-corrected chi connectivity index (χ1v) is 6.25. The van der Waals surface area contributed by atoms with Crippen LogP contribution in [0.4, 0.5) is 5.69 Å². The maximum Gasteiger partial charge on any atom is 0.253 e. The van der Waals surface area contributed by atoms with Gasteiger partial charge < -0.3 is 15.6 Å². The summed E-state index contributed by atoms with van der Waals surface area (Å²) >= 11 is 5.99. The van der Waals surface area contributed by atoms with Gasteiger partial charge in [0.2, 0.25) is 0 Å². The summed E-state index contributed by atoms with van der Waals surface area (Å²) in [5, 5.41) is 3.27. The van der Waals surface area contributed by atoms with E-state index >= 15 is 0 Å². The quantitative estimate of drug-likeness (QED) is 0.840. The number of nitrogens with two attached hydrogens (primary N) is 1. The predicted octanol–water partition coefficient (Wildman–Crippen LogP) is 1.94. The number of nitrogen functional groups attached to an aromatic ring is 1. The van der Waals surface area contributed by atoms with Crippen LogP contribution in [0.1, 0.15) is 17.3 Å². The zero-order valence-electron chi connectivity index (χ0n) is 10.5. The van der Waals surface area contributed by atoms with Crippen LogP contribution in [0.25, 0.3) is 0 Å². The third-order valence-electron chi connectivity index (χ3n) is 2.66. The lowest BCUT2D eigenvalue weighted by Crippen LogP contribution is -2.35. The summed E-state index contributed by atoms with van der Waals surface area (Å²) in [6.45, 7) is 2.56. The molecule has 3 N–H and O–H groups in total. The Hall–Kier alpha value is -2.01. The van der Waals surface area contributed by atoms with E-state index in [0.29, 0.717) is 22.8 Å². The van der Waals surface area contributed by atoms with Crippen LogP contribution in [0.2, 0.25) is 5.02 Å². The lowest BCUT2D eigenvalue weighted by molar-refractivity contribution is 0.0937. The summed E-state index contributed by atoms with van der Waals surface area (Å²) < 4.78 is 1.89. The van der Waals surface area contributed by atoms with Gasteiger partial charge in [0.15, 0.2) is 0 Å². The third-order valence-corrected chi connectivity index (χ3v) is 2.99. The minimum absolute atomic E-state index is 0.0424. The topological polar surface area (TPSA) is 72.9 Å². The summed E-state index contributed by atoms with van der Waals surface area (Å²) in [6, 6.07) is 4.81. The van der Waals surface area contributed by atoms with Gasteiger partial charge in [0.05, 0.1) is 16.9 Å². The minimum atomic E-state index is -0.232. The van der Waals surface area contributed by atoms with Crippen molar-refractivity contribution in [1.29, 1.82) is 0 Å². The largest absolute Gasteiger partial charge is 0.399 e. The highest BCUT2D eigenvalue weighted by atomic mass is 35.5. The Bertz CT molecular complexity index is 568. The molecule has 0 saturated heterocycles. The highest BCUT2D eigenvalue weighted by Crippen LogP contribution is 2.18. The Morgan fingerprint density at radius 3 is 3.05 bits per heavy atom. The van der Waals surface area contributed by atoms with Crippen molar-refractivity contribution in [2.45, 2.75) is 19.5 Å². The number of nitrogens with zero attached hydrogens (tertiary/aromatic N) is 2. The zero-order chi connectivity index (χ0) is 13.8. The van der Waals surface area contributed by atoms with Crippen molar-refractivity contribution in [3.8, 4) is 0 Å². The lowest BCUT2D eigenvalue weighted by Gasteiger charge is -2.15. The number of halogens is 1. The summed E-state index contributed by atoms with van der Waals surface area (Å²) in [5.41, 5.74) is 6.55. The first-order chi connectivity index (χ1) is 9.06. The van der Waals surface area contributed by atoms with Crippen LogP contribution in [0.15, 0.2) is 36.9 Å². The van der Waals surface area contributed by atoms with Crippen molar-refractivity contribution in [2.75, 3.05) is 5.73 Å². The van der Waals surface area contributed by atoms with Crippen LogP contribution >= 0.6 is 11.6 Å². The average molecular weight is 279 g/mol. The number of rotatable bonds is 4. The molecule has 0 radical (unpaired) electrons. The number of hydrogen-bond acceptors (Lipinski definition) is 3. The van der Waals surface area contributed by atoms with E-state index in [4.69, 9.17) is 17.3 Å². The first kappa shape index (κ1) is 13.4. The van der Waals surface area contributed by atoms with Gasteiger partial charge in [-0.2, -0.15) is 0 Å². The first-order valence-electron chi connectivity index (χ1n) is 5.88. The number of amides is 1. The van der Waals surface area contributed by atoms with Crippen molar-refractivity contribution in [3.63, 3.8) is 0 Å². The Morgan fingerprint density at radius 1 is 1.58 bits per heavy atom. The molecule has 0 aliphatic carbocycles. The highest BCUT2D eigenvalue weighted by molar-refractivity contribution is 6.34. The zero-order valence-corrected chi connectivity index (χ0v) is 11.3. The molecule has 2 aromatic rings. The highest BCUT2D eigenvalue weighted by Gasteiger charge is 2.13. The molecule has 1 aromatic carbocycles. The third kappa shape index (κ3) is 3.48. The van der Waals surface area contributed by atoms with Gasteiger partial charge in [0.1, 0.15) is 0 Å². The molecule has 6 heteroatoms. The molecule has 0 aliphatic rings. The average Bonchev–Trinajstić information content (AvgIpc) is 2.84. The molecule has 1 aromatic heterocycles. The van der Waals surface area contributed by atoms with Gasteiger partial charge in [-0.05, 0) is 25.1 Å². The molecule has 1 heterocycles. The van der Waals surface area contributed by atoms with Crippen LogP contribution in [0, 0.1) is 0 Å². The van der Waals surface area contributed by atoms with Crippen LogP contribution in [-0.2, 0) is 6.54 Å². The van der Waals surface area contributed by atoms with E-state index in [1.165, 1.54) is 0 Å². The van der Waals surface area contributed by atoms with E-state index in [9.17, 15) is 4.79 Å². The molecular formula is C13H15ClN4O. The Morgan fingerprint density at radius 2 is 2.37 bits per heavy atom. The minimum Gasteiger partial charge on any atom is -0.399 e. The number of hydrogen-bond donors (Lipinski definition) is 2. The van der Waals surface area contributed by atoms with Crippen LogP contribution < -0.4 is 11.1 Å². The number of imidazole rings is 1. The number of carbonyl (C=O) groups is 1. The fourth-order valence-electron chi connectivity index (χ4n) is 1.78. The van der Waals surface area contributed by atoms with E-state index in [1.807, 2.05) is 17.7 Å². The second-order valence-electron chi connectivity index (χ2n) is 4.37. The molecule has 1 amide bonds. The van der Waals surface area contributed by atoms with E-state index in [-0.39, 0.29) is 11.9 Å². The molecule has 1 unspecified atom stereocenters. The molecule has 0 spiro atoms. The summed E-state index contributed by atoms with van der Waals surface area (Å²) in [4.78, 5) is 16.0. The van der Waals surface area contributed by atoms with Crippen molar-refractivity contribution < 1.29 is 4.79 Å². The smallest absolute Gasteiger partial charge is 0.253 e. The molecule has 0 bridgehead atoms. The SMILES string of the molecule is CC(Cn1ccnc1)NC(=O)c1cc(N)ccc1Cl. The number of anilines is 1. The lowest BCUT2D eigenvalue weighted by atomic mass is 10.1. The van der Waals surface area contributed by atoms with Gasteiger partial charge >= 0.3 is 0 Å². The maximum absolute atomic E-state index is 12.1. The van der Waals surface area contributed by atoms with Gasteiger partial charge in [0.25, 0.3) is 5.91 Å². The van der Waals surface area contributed by atoms with Crippen LogP contribution in [0.5, 0.6) is 0 Å². The standard InChI is InChI=1S/C13H15ClN4O/c1-9(7-18-5-4-16-8-18)17-13(19)11-6-10(15)2-3-12(11)14/h2-6,8-9H,7,15H2,1H3,(H,17,19). The van der Waals surface area contributed by atoms with E-state index < -0.39 is 0 Å². The second-order valence-corrected chi connectivity index (χ2v) is 4.78. The van der Waals surface area contributed by atoms with Crippen molar-refractivity contribution >= 4 is 23.2 Å². The number of carbonyl (C=O) groups excluding carboxylic acids is 1. The molecule has 0 aliphatic heterocycles. The van der Waals surface area contributed by atoms with Gasteiger partial charge in [-0.3, -0.25) is 4.79 Å². The van der Waals surface area contributed by atoms with E-state index in [2.05, 4.69) is 10.3 Å². The number of aromatic nitrogens is 2. The number of benzene rings is 1. The predicted molar refractivity (Wildman–Crippen MR) is 75.0 cm³/mol. The fourth-order valence-corrected chi connectivity index (χ4v) is 1.98. The fraction of sp³-hybridized carbons (Fsp3) is 0.231. The molecule has 1 atom stereocenters. The van der Waals surface area contributed by atoms with Crippen molar-refractivity contribution in [1.82, 2.24) is 14.9 Å². The summed E-state index contributed by atoms with van der Waals surface area (Å²) in [5.74, 6) is -0.232. The van der Waals surface area contributed by atoms with Gasteiger partial charge in [0, 0.05) is 30.7 Å². The van der Waals surface area contributed by atoms with Gasteiger partial charge in [-0.1, -0.05) is 11.6 Å². The second kappa shape index (κ2) is 5.75. The molecule has 2 rings (SSSR count). The Labute approximate surface area is 116 Å². The molecule has 5 nitrogen and oxygen atoms in total. The van der Waals surface area contributed by atoms with Gasteiger partial charge in [-0.25, -0.2) is 4.98 Å². The van der Waals surface area contributed by atoms with E-state index in [1.54, 1.807) is 30.7 Å². The molecule has 0 saturated carbocycles. The molecule has 100 valence electrons. The summed E-state index contributed by atoms with van der Waals surface area (Å²) in [6.07, 6.45) is 5.25. The Kier molecular flexibility index (Phi) is 4.06.